The first-order valence-corrected chi connectivity index (χ1v) is 7.94. The van der Waals surface area contributed by atoms with Gasteiger partial charge in [-0.2, -0.15) is 5.10 Å². The number of amides is 1. The molecule has 3 rings (SSSR count). The van der Waals surface area contributed by atoms with E-state index in [-0.39, 0.29) is 17.7 Å². The summed E-state index contributed by atoms with van der Waals surface area (Å²) in [7, 11) is 1.77. The highest BCUT2D eigenvalue weighted by Gasteiger charge is 2.47. The van der Waals surface area contributed by atoms with E-state index in [1.807, 2.05) is 19.9 Å². The Morgan fingerprint density at radius 2 is 2.00 bits per heavy atom. The van der Waals surface area contributed by atoms with E-state index >= 15 is 0 Å². The third-order valence-corrected chi connectivity index (χ3v) is 4.91. The van der Waals surface area contributed by atoms with Crippen LogP contribution in [0.15, 0.2) is 6.07 Å². The van der Waals surface area contributed by atoms with Crippen molar-refractivity contribution < 1.29 is 14.7 Å². The van der Waals surface area contributed by atoms with Gasteiger partial charge in [0.15, 0.2) is 0 Å². The zero-order valence-electron chi connectivity index (χ0n) is 13.3. The molecule has 0 aromatic carbocycles. The van der Waals surface area contributed by atoms with Gasteiger partial charge in [-0.3, -0.25) is 14.3 Å². The molecule has 2 aliphatic rings. The number of carboxylic acids is 1. The summed E-state index contributed by atoms with van der Waals surface area (Å²) < 4.78 is 1.61. The average molecular weight is 305 g/mol. The van der Waals surface area contributed by atoms with Gasteiger partial charge in [0.2, 0.25) is 0 Å². The second kappa shape index (κ2) is 5.41. The van der Waals surface area contributed by atoms with E-state index in [1.54, 1.807) is 16.6 Å². The minimum absolute atomic E-state index is 0.101. The summed E-state index contributed by atoms with van der Waals surface area (Å²) in [6.07, 6.45) is 2.19. The maximum Gasteiger partial charge on any atom is 0.308 e. The SMILES string of the molecule is CC(C)c1cc(C(=O)N2C[C@H](C(=O)O)[C@@H](C3CC3)C2)n(C)n1. The summed E-state index contributed by atoms with van der Waals surface area (Å²) in [6.45, 7) is 4.95. The smallest absolute Gasteiger partial charge is 0.308 e. The van der Waals surface area contributed by atoms with E-state index in [2.05, 4.69) is 5.10 Å². The molecule has 2 atom stereocenters. The van der Waals surface area contributed by atoms with E-state index in [4.69, 9.17) is 0 Å². The minimum atomic E-state index is -0.778. The Bertz CT molecular complexity index is 604. The number of likely N-dealkylation sites (tertiary alicyclic amines) is 1. The van der Waals surface area contributed by atoms with Crippen LogP contribution in [0, 0.1) is 17.8 Å². The van der Waals surface area contributed by atoms with Crippen molar-refractivity contribution in [1.82, 2.24) is 14.7 Å². The Kier molecular flexibility index (Phi) is 3.70. The molecule has 1 aromatic rings. The first-order chi connectivity index (χ1) is 10.4. The molecule has 1 aliphatic carbocycles. The number of carboxylic acid groups (broad SMARTS) is 1. The van der Waals surface area contributed by atoms with Crippen LogP contribution in [0.25, 0.3) is 0 Å². The lowest BCUT2D eigenvalue weighted by molar-refractivity contribution is -0.142. The van der Waals surface area contributed by atoms with Crippen molar-refractivity contribution in [3.8, 4) is 0 Å². The molecule has 1 aromatic heterocycles. The third-order valence-electron chi connectivity index (χ3n) is 4.91. The standard InChI is InChI=1S/C16H23N3O3/c1-9(2)13-6-14(18(3)17-13)15(20)19-7-11(10-4-5-10)12(8-19)16(21)22/h6,9-12H,4-5,7-8H2,1-3H3,(H,21,22)/t11-,12+/m1/s1. The molecule has 120 valence electrons. The molecule has 2 fully saturated rings. The van der Waals surface area contributed by atoms with Gasteiger partial charge in [0.1, 0.15) is 5.69 Å². The maximum atomic E-state index is 12.7. The lowest BCUT2D eigenvalue weighted by atomic mass is 9.92. The normalized spacial score (nSPS) is 25.0. The van der Waals surface area contributed by atoms with Crippen molar-refractivity contribution in [2.45, 2.75) is 32.6 Å². The Labute approximate surface area is 130 Å². The van der Waals surface area contributed by atoms with Gasteiger partial charge in [-0.25, -0.2) is 0 Å². The summed E-state index contributed by atoms with van der Waals surface area (Å²) in [4.78, 5) is 25.9. The Balaban J connectivity index is 1.79. The van der Waals surface area contributed by atoms with Crippen molar-refractivity contribution in [3.05, 3.63) is 17.5 Å². The molecule has 22 heavy (non-hydrogen) atoms. The lowest BCUT2D eigenvalue weighted by Crippen LogP contribution is -2.31. The predicted octanol–water partition coefficient (Wildman–Crippen LogP) is 1.73. The number of rotatable bonds is 4. The minimum Gasteiger partial charge on any atom is -0.481 e. The van der Waals surface area contributed by atoms with E-state index in [0.29, 0.717) is 24.7 Å². The molecule has 6 nitrogen and oxygen atoms in total. The third kappa shape index (κ3) is 2.62. The Morgan fingerprint density at radius 3 is 2.50 bits per heavy atom. The molecule has 2 heterocycles. The fourth-order valence-corrected chi connectivity index (χ4v) is 3.39. The summed E-state index contributed by atoms with van der Waals surface area (Å²) >= 11 is 0. The number of hydrogen-bond acceptors (Lipinski definition) is 3. The van der Waals surface area contributed by atoms with Crippen LogP contribution in [0.1, 0.15) is 48.8 Å². The number of hydrogen-bond donors (Lipinski definition) is 1. The van der Waals surface area contributed by atoms with E-state index < -0.39 is 11.9 Å². The second-order valence-corrected chi connectivity index (χ2v) is 6.89. The van der Waals surface area contributed by atoms with Crippen LogP contribution < -0.4 is 0 Å². The molecule has 1 N–H and O–H groups in total. The predicted molar refractivity (Wildman–Crippen MR) is 80.5 cm³/mol. The Hall–Kier alpha value is -1.85. The fourth-order valence-electron chi connectivity index (χ4n) is 3.39. The number of aromatic nitrogens is 2. The molecule has 1 aliphatic heterocycles. The van der Waals surface area contributed by atoms with Gasteiger partial charge in [0.05, 0.1) is 11.6 Å². The van der Waals surface area contributed by atoms with E-state index in [0.717, 1.165) is 18.5 Å². The van der Waals surface area contributed by atoms with Crippen LogP contribution in [0.5, 0.6) is 0 Å². The second-order valence-electron chi connectivity index (χ2n) is 6.89. The first-order valence-electron chi connectivity index (χ1n) is 7.94. The monoisotopic (exact) mass is 305 g/mol. The highest BCUT2D eigenvalue weighted by Crippen LogP contribution is 2.44. The van der Waals surface area contributed by atoms with Gasteiger partial charge in [-0.15, -0.1) is 0 Å². The molecular formula is C16H23N3O3. The van der Waals surface area contributed by atoms with Crippen LogP contribution in [-0.2, 0) is 11.8 Å². The van der Waals surface area contributed by atoms with Crippen molar-refractivity contribution >= 4 is 11.9 Å². The number of nitrogens with zero attached hydrogens (tertiary/aromatic N) is 3. The number of aliphatic carboxylic acids is 1. The molecular weight excluding hydrogens is 282 g/mol. The molecule has 1 saturated heterocycles. The molecule has 0 bridgehead atoms. The zero-order valence-corrected chi connectivity index (χ0v) is 13.3. The molecule has 6 heteroatoms. The fraction of sp³-hybridized carbons (Fsp3) is 0.688. The van der Waals surface area contributed by atoms with Crippen molar-refractivity contribution in [2.75, 3.05) is 13.1 Å². The largest absolute Gasteiger partial charge is 0.481 e. The zero-order chi connectivity index (χ0) is 16.0. The summed E-state index contributed by atoms with van der Waals surface area (Å²) in [6, 6.07) is 1.83. The van der Waals surface area contributed by atoms with Gasteiger partial charge >= 0.3 is 5.97 Å². The maximum absolute atomic E-state index is 12.7. The topological polar surface area (TPSA) is 75.4 Å². The van der Waals surface area contributed by atoms with Gasteiger partial charge in [0.25, 0.3) is 5.91 Å². The van der Waals surface area contributed by atoms with Crippen LogP contribution in [0.3, 0.4) is 0 Å². The summed E-state index contributed by atoms with van der Waals surface area (Å²) in [5.74, 6) is -0.446. The van der Waals surface area contributed by atoms with Crippen molar-refractivity contribution in [2.24, 2.45) is 24.8 Å². The molecule has 0 unspecified atom stereocenters. The van der Waals surface area contributed by atoms with Crippen LogP contribution in [0.2, 0.25) is 0 Å². The lowest BCUT2D eigenvalue weighted by Gasteiger charge is -2.16. The van der Waals surface area contributed by atoms with Crippen LogP contribution in [0.4, 0.5) is 0 Å². The molecule has 1 saturated carbocycles. The number of carbonyl (C=O) groups excluding carboxylic acids is 1. The summed E-state index contributed by atoms with van der Waals surface area (Å²) in [5, 5.41) is 13.8. The molecule has 0 spiro atoms. The molecule has 1 amide bonds. The van der Waals surface area contributed by atoms with E-state index in [9.17, 15) is 14.7 Å². The Morgan fingerprint density at radius 1 is 1.32 bits per heavy atom. The summed E-state index contributed by atoms with van der Waals surface area (Å²) in [5.41, 5.74) is 1.43. The number of carbonyl (C=O) groups is 2. The van der Waals surface area contributed by atoms with Crippen LogP contribution >= 0.6 is 0 Å². The van der Waals surface area contributed by atoms with Crippen molar-refractivity contribution in [1.29, 1.82) is 0 Å². The van der Waals surface area contributed by atoms with Gasteiger partial charge < -0.3 is 10.0 Å². The van der Waals surface area contributed by atoms with Gasteiger partial charge in [-0.05, 0) is 36.7 Å². The van der Waals surface area contributed by atoms with Gasteiger partial charge in [0, 0.05) is 20.1 Å². The molecule has 0 radical (unpaired) electrons. The number of aryl methyl sites for hydroxylation is 1. The highest BCUT2D eigenvalue weighted by molar-refractivity contribution is 5.93. The van der Waals surface area contributed by atoms with Crippen LogP contribution in [-0.4, -0.2) is 44.8 Å². The van der Waals surface area contributed by atoms with E-state index in [1.165, 1.54) is 0 Å². The van der Waals surface area contributed by atoms with Gasteiger partial charge in [-0.1, -0.05) is 13.8 Å². The highest BCUT2D eigenvalue weighted by atomic mass is 16.4. The van der Waals surface area contributed by atoms with Crippen molar-refractivity contribution in [3.63, 3.8) is 0 Å². The average Bonchev–Trinajstić information content (AvgIpc) is 3.07. The first kappa shape index (κ1) is 15.1. The quantitative estimate of drug-likeness (QED) is 0.919.